The topological polar surface area (TPSA) is 8.17 Å². The van der Waals surface area contributed by atoms with Gasteiger partial charge in [-0.05, 0) is 59.2 Å². The first-order chi connectivity index (χ1) is 19.3. The Hall–Kier alpha value is -5.08. The molecule has 2 heteroatoms. The molecule has 186 valence electrons. The molecule has 7 rings (SSSR count). The number of nitrogens with zero attached hydrogens (tertiary/aromatic N) is 2. The zero-order valence-electron chi connectivity index (χ0n) is 21.8. The summed E-state index contributed by atoms with van der Waals surface area (Å²) in [6.45, 7) is 0. The van der Waals surface area contributed by atoms with Crippen molar-refractivity contribution >= 4 is 33.2 Å². The summed E-state index contributed by atoms with van der Waals surface area (Å²) in [5.41, 5.74) is 10.8. The lowest BCUT2D eigenvalue weighted by atomic mass is 10.0. The van der Waals surface area contributed by atoms with E-state index in [-0.39, 0.29) is 0 Å². The zero-order chi connectivity index (χ0) is 26.2. The lowest BCUT2D eigenvalue weighted by molar-refractivity contribution is 1.18. The van der Waals surface area contributed by atoms with Crippen LogP contribution in [0.5, 0.6) is 0 Å². The molecule has 0 aliphatic heterocycles. The number of aromatic nitrogens is 1. The monoisotopic (exact) mass is 500 g/mol. The molecular weight excluding hydrogens is 472 g/mol. The van der Waals surface area contributed by atoms with Crippen LogP contribution in [-0.4, -0.2) is 11.6 Å². The summed E-state index contributed by atoms with van der Waals surface area (Å²) in [5.74, 6) is 0. The van der Waals surface area contributed by atoms with E-state index in [4.69, 9.17) is 0 Å². The van der Waals surface area contributed by atoms with Crippen LogP contribution in [0.3, 0.4) is 0 Å². The van der Waals surface area contributed by atoms with Crippen LogP contribution in [0.25, 0.3) is 49.7 Å². The number of rotatable bonds is 5. The average molecular weight is 501 g/mol. The third-order valence-corrected chi connectivity index (χ3v) is 7.63. The molecule has 6 aromatic carbocycles. The second kappa shape index (κ2) is 9.66. The molecule has 7 aromatic rings. The van der Waals surface area contributed by atoms with Gasteiger partial charge in [0.05, 0.1) is 11.0 Å². The van der Waals surface area contributed by atoms with E-state index in [0.717, 1.165) is 5.69 Å². The molecule has 0 unspecified atom stereocenters. The Balaban J connectivity index is 1.28. The lowest BCUT2D eigenvalue weighted by Gasteiger charge is -2.23. The zero-order valence-corrected chi connectivity index (χ0v) is 21.8. The quantitative estimate of drug-likeness (QED) is 0.228. The minimum atomic E-state index is 1.15. The third kappa shape index (κ3) is 4.07. The van der Waals surface area contributed by atoms with Crippen LogP contribution in [0.2, 0.25) is 0 Å². The summed E-state index contributed by atoms with van der Waals surface area (Å²) < 4.78 is 2.37. The summed E-state index contributed by atoms with van der Waals surface area (Å²) in [7, 11) is 2.14. The highest BCUT2D eigenvalue weighted by atomic mass is 15.1. The summed E-state index contributed by atoms with van der Waals surface area (Å²) in [6, 6.07) is 54.2. The Labute approximate surface area is 229 Å². The van der Waals surface area contributed by atoms with Gasteiger partial charge >= 0.3 is 0 Å². The van der Waals surface area contributed by atoms with E-state index < -0.39 is 0 Å². The van der Waals surface area contributed by atoms with Crippen molar-refractivity contribution in [2.75, 3.05) is 11.9 Å². The molecule has 0 spiro atoms. The van der Waals surface area contributed by atoms with Crippen LogP contribution >= 0.6 is 0 Å². The third-order valence-electron chi connectivity index (χ3n) is 7.63. The van der Waals surface area contributed by atoms with Crippen molar-refractivity contribution in [2.45, 2.75) is 0 Å². The number of para-hydroxylation sites is 3. The summed E-state index contributed by atoms with van der Waals surface area (Å²) in [6.07, 6.45) is 0. The first-order valence-electron chi connectivity index (χ1n) is 13.4. The van der Waals surface area contributed by atoms with Gasteiger partial charge in [0.25, 0.3) is 0 Å². The largest absolute Gasteiger partial charge is 0.344 e. The van der Waals surface area contributed by atoms with Crippen molar-refractivity contribution in [3.8, 4) is 27.9 Å². The van der Waals surface area contributed by atoms with Gasteiger partial charge < -0.3 is 9.47 Å². The first-order valence-corrected chi connectivity index (χ1v) is 13.4. The Kier molecular flexibility index (Phi) is 5.71. The van der Waals surface area contributed by atoms with Gasteiger partial charge in [-0.2, -0.15) is 0 Å². The first kappa shape index (κ1) is 23.1. The van der Waals surface area contributed by atoms with Crippen LogP contribution in [-0.2, 0) is 0 Å². The molecule has 0 saturated carbocycles. The van der Waals surface area contributed by atoms with E-state index in [1.54, 1.807) is 0 Å². The van der Waals surface area contributed by atoms with Gasteiger partial charge in [-0.15, -0.1) is 0 Å². The highest BCUT2D eigenvalue weighted by molar-refractivity contribution is 6.10. The summed E-state index contributed by atoms with van der Waals surface area (Å²) in [5, 5.41) is 2.55. The maximum atomic E-state index is 2.37. The van der Waals surface area contributed by atoms with Gasteiger partial charge in [0.15, 0.2) is 0 Å². The summed E-state index contributed by atoms with van der Waals surface area (Å²) >= 11 is 0. The van der Waals surface area contributed by atoms with E-state index in [9.17, 15) is 0 Å². The van der Waals surface area contributed by atoms with Gasteiger partial charge in [-0.1, -0.05) is 109 Å². The van der Waals surface area contributed by atoms with Gasteiger partial charge in [0, 0.05) is 40.4 Å². The minimum absolute atomic E-state index is 1.15. The second-order valence-electron chi connectivity index (χ2n) is 9.91. The standard InChI is InChI=1S/C37H28N2/c1-38(35-18-10-8-16-32(35)28-12-4-2-5-13-28)30-23-20-27(21-24-30)29-22-25-34-33-17-9-11-19-36(33)39(37(34)26-29)31-14-6-3-7-15-31/h2-26H,1H3. The Bertz CT molecular complexity index is 1900. The maximum absolute atomic E-state index is 2.37. The van der Waals surface area contributed by atoms with Crippen molar-refractivity contribution < 1.29 is 0 Å². The van der Waals surface area contributed by atoms with Crippen molar-refractivity contribution in [2.24, 2.45) is 0 Å². The SMILES string of the molecule is CN(c1ccc(-c2ccc3c4ccccc4n(-c4ccccc4)c3c2)cc1)c1ccccc1-c1ccccc1. The molecule has 0 amide bonds. The van der Waals surface area contributed by atoms with E-state index in [0.29, 0.717) is 0 Å². The summed E-state index contributed by atoms with van der Waals surface area (Å²) in [4.78, 5) is 2.27. The molecule has 1 aromatic heterocycles. The number of benzene rings is 6. The fraction of sp³-hybridized carbons (Fsp3) is 0.0270. The molecule has 0 radical (unpaired) electrons. The number of hydrogen-bond acceptors (Lipinski definition) is 1. The van der Waals surface area contributed by atoms with E-state index >= 15 is 0 Å². The Morgan fingerprint density at radius 1 is 0.462 bits per heavy atom. The molecule has 2 nitrogen and oxygen atoms in total. The molecule has 0 atom stereocenters. The lowest BCUT2D eigenvalue weighted by Crippen LogP contribution is -2.10. The average Bonchev–Trinajstić information content (AvgIpc) is 3.35. The number of fused-ring (bicyclic) bond motifs is 3. The number of hydrogen-bond donors (Lipinski definition) is 0. The maximum Gasteiger partial charge on any atom is 0.0547 e. The molecule has 1 heterocycles. The predicted molar refractivity (Wildman–Crippen MR) is 166 cm³/mol. The Morgan fingerprint density at radius 3 is 1.87 bits per heavy atom. The van der Waals surface area contributed by atoms with Gasteiger partial charge in [-0.3, -0.25) is 0 Å². The smallest absolute Gasteiger partial charge is 0.0547 e. The molecule has 39 heavy (non-hydrogen) atoms. The second-order valence-corrected chi connectivity index (χ2v) is 9.91. The van der Waals surface area contributed by atoms with Crippen molar-refractivity contribution in [1.82, 2.24) is 4.57 Å². The molecule has 0 N–H and O–H groups in total. The van der Waals surface area contributed by atoms with E-state index in [1.165, 1.54) is 55.4 Å². The van der Waals surface area contributed by atoms with E-state index in [1.807, 2.05) is 0 Å². The van der Waals surface area contributed by atoms with Gasteiger partial charge in [-0.25, -0.2) is 0 Å². The van der Waals surface area contributed by atoms with Crippen LogP contribution in [0.4, 0.5) is 11.4 Å². The van der Waals surface area contributed by atoms with Crippen LogP contribution in [0, 0.1) is 0 Å². The molecule has 0 bridgehead atoms. The normalized spacial score (nSPS) is 11.2. The van der Waals surface area contributed by atoms with Crippen molar-refractivity contribution in [3.63, 3.8) is 0 Å². The van der Waals surface area contributed by atoms with Crippen molar-refractivity contribution in [3.05, 3.63) is 152 Å². The molecule has 0 fully saturated rings. The molecule has 0 aliphatic carbocycles. The fourth-order valence-electron chi connectivity index (χ4n) is 5.65. The highest BCUT2D eigenvalue weighted by Crippen LogP contribution is 2.37. The Morgan fingerprint density at radius 2 is 1.08 bits per heavy atom. The number of anilines is 2. The van der Waals surface area contributed by atoms with Crippen LogP contribution in [0.1, 0.15) is 0 Å². The van der Waals surface area contributed by atoms with Crippen LogP contribution < -0.4 is 4.90 Å². The fourth-order valence-corrected chi connectivity index (χ4v) is 5.65. The van der Waals surface area contributed by atoms with Crippen molar-refractivity contribution in [1.29, 1.82) is 0 Å². The van der Waals surface area contributed by atoms with Gasteiger partial charge in [0.2, 0.25) is 0 Å². The predicted octanol–water partition coefficient (Wildman–Crippen LogP) is 9.89. The van der Waals surface area contributed by atoms with Crippen LogP contribution in [0.15, 0.2) is 152 Å². The minimum Gasteiger partial charge on any atom is -0.344 e. The molecule has 0 saturated heterocycles. The molecule has 0 aliphatic rings. The van der Waals surface area contributed by atoms with E-state index in [2.05, 4.69) is 168 Å². The highest BCUT2D eigenvalue weighted by Gasteiger charge is 2.14. The van der Waals surface area contributed by atoms with Gasteiger partial charge in [0.1, 0.15) is 0 Å². The molecular formula is C37H28N2.